The van der Waals surface area contributed by atoms with Gasteiger partial charge in [-0.05, 0) is 53.9 Å². The Balaban J connectivity index is 1.71. The Morgan fingerprint density at radius 3 is 2.36 bits per heavy atom. The standard InChI is InChI=1S/C23H16Cl2O3/c24-18-5-2-6-19(25)23(18)16-4-1-3-15(12-16)21-13-17-11-14(8-10-22(26)27)7-9-20(17)28-21/h1-7,9,11-13H,8,10H2,(H,26,27). The summed E-state index contributed by atoms with van der Waals surface area (Å²) in [5, 5.41) is 11.0. The molecular formula is C23H16Cl2O3. The summed E-state index contributed by atoms with van der Waals surface area (Å²) in [5.41, 5.74) is 4.35. The van der Waals surface area contributed by atoms with Gasteiger partial charge in [0.05, 0.1) is 0 Å². The van der Waals surface area contributed by atoms with Gasteiger partial charge in [-0.15, -0.1) is 0 Å². The van der Waals surface area contributed by atoms with Crippen molar-refractivity contribution >= 4 is 40.1 Å². The molecule has 0 saturated heterocycles. The zero-order valence-corrected chi connectivity index (χ0v) is 16.3. The number of halogens is 2. The van der Waals surface area contributed by atoms with E-state index >= 15 is 0 Å². The maximum atomic E-state index is 10.8. The zero-order chi connectivity index (χ0) is 19.7. The quantitative estimate of drug-likeness (QED) is 0.381. The molecule has 4 aromatic rings. The molecule has 0 atom stereocenters. The second-order valence-corrected chi connectivity index (χ2v) is 7.37. The number of carboxylic acid groups (broad SMARTS) is 1. The number of hydrogen-bond acceptors (Lipinski definition) is 2. The van der Waals surface area contributed by atoms with Gasteiger partial charge in [0.1, 0.15) is 11.3 Å². The summed E-state index contributed by atoms with van der Waals surface area (Å²) in [7, 11) is 0. The lowest BCUT2D eigenvalue weighted by Crippen LogP contribution is -1.96. The van der Waals surface area contributed by atoms with Crippen molar-refractivity contribution in [3.05, 3.63) is 82.3 Å². The van der Waals surface area contributed by atoms with Crippen LogP contribution in [-0.2, 0) is 11.2 Å². The van der Waals surface area contributed by atoms with Crippen LogP contribution in [0.1, 0.15) is 12.0 Å². The van der Waals surface area contributed by atoms with Crippen molar-refractivity contribution in [1.82, 2.24) is 0 Å². The van der Waals surface area contributed by atoms with E-state index in [1.54, 1.807) is 0 Å². The van der Waals surface area contributed by atoms with Gasteiger partial charge in [0.25, 0.3) is 0 Å². The van der Waals surface area contributed by atoms with Crippen molar-refractivity contribution in [3.8, 4) is 22.5 Å². The molecule has 1 aromatic heterocycles. The lowest BCUT2D eigenvalue weighted by Gasteiger charge is -2.08. The SMILES string of the molecule is O=C(O)CCc1ccc2oc(-c3cccc(-c4c(Cl)cccc4Cl)c3)cc2c1. The zero-order valence-electron chi connectivity index (χ0n) is 14.8. The molecule has 0 aliphatic heterocycles. The first-order chi connectivity index (χ1) is 13.5. The molecule has 0 fully saturated rings. The van der Waals surface area contributed by atoms with Crippen LogP contribution in [0.2, 0.25) is 10.0 Å². The van der Waals surface area contributed by atoms with Crippen LogP contribution >= 0.6 is 23.2 Å². The molecule has 140 valence electrons. The Morgan fingerprint density at radius 2 is 1.61 bits per heavy atom. The van der Waals surface area contributed by atoms with E-state index in [4.69, 9.17) is 32.7 Å². The predicted molar refractivity (Wildman–Crippen MR) is 113 cm³/mol. The third-order valence-electron chi connectivity index (χ3n) is 4.61. The number of furan rings is 1. The Morgan fingerprint density at radius 1 is 0.893 bits per heavy atom. The van der Waals surface area contributed by atoms with E-state index in [0.717, 1.165) is 39.0 Å². The van der Waals surface area contributed by atoms with Gasteiger partial charge in [-0.3, -0.25) is 4.79 Å². The van der Waals surface area contributed by atoms with Crippen LogP contribution in [0.25, 0.3) is 33.4 Å². The second kappa shape index (κ2) is 7.70. The van der Waals surface area contributed by atoms with Crippen LogP contribution in [0.3, 0.4) is 0 Å². The number of fused-ring (bicyclic) bond motifs is 1. The molecule has 5 heteroatoms. The molecule has 0 spiro atoms. The van der Waals surface area contributed by atoms with Crippen LogP contribution in [0.4, 0.5) is 0 Å². The highest BCUT2D eigenvalue weighted by molar-refractivity contribution is 6.39. The maximum absolute atomic E-state index is 10.8. The third-order valence-corrected chi connectivity index (χ3v) is 5.24. The fourth-order valence-corrected chi connectivity index (χ4v) is 3.86. The molecule has 0 bridgehead atoms. The average molecular weight is 411 g/mol. The first kappa shape index (κ1) is 18.6. The van der Waals surface area contributed by atoms with Gasteiger partial charge in [-0.2, -0.15) is 0 Å². The van der Waals surface area contributed by atoms with Gasteiger partial charge in [0, 0.05) is 33.0 Å². The second-order valence-electron chi connectivity index (χ2n) is 6.55. The molecule has 1 N–H and O–H groups in total. The summed E-state index contributed by atoms with van der Waals surface area (Å²) in [5.74, 6) is -0.0709. The highest BCUT2D eigenvalue weighted by atomic mass is 35.5. The van der Waals surface area contributed by atoms with Crippen LogP contribution in [0, 0.1) is 0 Å². The van der Waals surface area contributed by atoms with Gasteiger partial charge >= 0.3 is 5.97 Å². The molecular weight excluding hydrogens is 395 g/mol. The molecule has 3 aromatic carbocycles. The van der Waals surface area contributed by atoms with E-state index in [1.807, 2.05) is 66.7 Å². The molecule has 28 heavy (non-hydrogen) atoms. The Kier molecular flexibility index (Phi) is 5.12. The van der Waals surface area contributed by atoms with Gasteiger partial charge in [-0.1, -0.05) is 53.5 Å². The topological polar surface area (TPSA) is 50.4 Å². The van der Waals surface area contributed by atoms with Crippen molar-refractivity contribution < 1.29 is 14.3 Å². The summed E-state index contributed by atoms with van der Waals surface area (Å²) >= 11 is 12.7. The smallest absolute Gasteiger partial charge is 0.303 e. The Hall–Kier alpha value is -2.75. The number of carbonyl (C=O) groups is 1. The van der Waals surface area contributed by atoms with Crippen LogP contribution in [0.5, 0.6) is 0 Å². The van der Waals surface area contributed by atoms with Crippen molar-refractivity contribution in [3.63, 3.8) is 0 Å². The molecule has 3 nitrogen and oxygen atoms in total. The maximum Gasteiger partial charge on any atom is 0.303 e. The average Bonchev–Trinajstić information content (AvgIpc) is 3.10. The van der Waals surface area contributed by atoms with E-state index in [2.05, 4.69) is 0 Å². The molecule has 4 rings (SSSR count). The number of hydrogen-bond donors (Lipinski definition) is 1. The fraction of sp³-hybridized carbons (Fsp3) is 0.0870. The van der Waals surface area contributed by atoms with E-state index < -0.39 is 5.97 Å². The highest BCUT2D eigenvalue weighted by Crippen LogP contribution is 2.37. The van der Waals surface area contributed by atoms with Gasteiger partial charge in [-0.25, -0.2) is 0 Å². The lowest BCUT2D eigenvalue weighted by atomic mass is 10.0. The number of rotatable bonds is 5. The van der Waals surface area contributed by atoms with Crippen LogP contribution in [0.15, 0.2) is 71.1 Å². The molecule has 0 unspecified atom stereocenters. The summed E-state index contributed by atoms with van der Waals surface area (Å²) in [4.78, 5) is 10.8. The minimum atomic E-state index is -0.803. The van der Waals surface area contributed by atoms with Crippen LogP contribution < -0.4 is 0 Å². The van der Waals surface area contributed by atoms with Crippen molar-refractivity contribution in [2.45, 2.75) is 12.8 Å². The van der Waals surface area contributed by atoms with E-state index in [0.29, 0.717) is 16.5 Å². The summed E-state index contributed by atoms with van der Waals surface area (Å²) in [6, 6.07) is 21.0. The van der Waals surface area contributed by atoms with Crippen LogP contribution in [-0.4, -0.2) is 11.1 Å². The predicted octanol–water partition coefficient (Wildman–Crippen LogP) is 7.09. The minimum Gasteiger partial charge on any atom is -0.481 e. The van der Waals surface area contributed by atoms with Gasteiger partial charge in [0.2, 0.25) is 0 Å². The van der Waals surface area contributed by atoms with Crippen molar-refractivity contribution in [2.75, 3.05) is 0 Å². The first-order valence-electron chi connectivity index (χ1n) is 8.80. The van der Waals surface area contributed by atoms with Crippen molar-refractivity contribution in [1.29, 1.82) is 0 Å². The minimum absolute atomic E-state index is 0.108. The number of aliphatic carboxylic acids is 1. The number of aryl methyl sites for hydroxylation is 1. The van der Waals surface area contributed by atoms with E-state index in [-0.39, 0.29) is 6.42 Å². The van der Waals surface area contributed by atoms with Gasteiger partial charge in [0.15, 0.2) is 0 Å². The summed E-state index contributed by atoms with van der Waals surface area (Å²) < 4.78 is 6.00. The normalized spacial score (nSPS) is 11.1. The van der Waals surface area contributed by atoms with Crippen molar-refractivity contribution in [2.24, 2.45) is 0 Å². The number of carboxylic acids is 1. The van der Waals surface area contributed by atoms with Gasteiger partial charge < -0.3 is 9.52 Å². The highest BCUT2D eigenvalue weighted by Gasteiger charge is 2.12. The molecule has 1 heterocycles. The monoisotopic (exact) mass is 410 g/mol. The largest absolute Gasteiger partial charge is 0.481 e. The lowest BCUT2D eigenvalue weighted by molar-refractivity contribution is -0.136. The summed E-state index contributed by atoms with van der Waals surface area (Å²) in [6.07, 6.45) is 0.600. The Bertz CT molecular complexity index is 1160. The van der Waals surface area contributed by atoms with E-state index in [1.165, 1.54) is 0 Å². The fourth-order valence-electron chi connectivity index (χ4n) is 3.24. The third kappa shape index (κ3) is 3.77. The molecule has 0 aliphatic carbocycles. The summed E-state index contributed by atoms with van der Waals surface area (Å²) in [6.45, 7) is 0. The molecule has 0 radical (unpaired) electrons. The van der Waals surface area contributed by atoms with E-state index in [9.17, 15) is 4.79 Å². The molecule has 0 saturated carbocycles. The number of benzene rings is 3. The molecule has 0 amide bonds. The molecule has 0 aliphatic rings. The first-order valence-corrected chi connectivity index (χ1v) is 9.56. The Labute approximate surface area is 172 Å².